The Bertz CT molecular complexity index is 471. The van der Waals surface area contributed by atoms with Crippen LogP contribution in [0.1, 0.15) is 19.1 Å². The van der Waals surface area contributed by atoms with Crippen molar-refractivity contribution in [1.29, 1.82) is 0 Å². The number of hydrogen-bond donors (Lipinski definition) is 3. The number of nitrogens with zero attached hydrogens (tertiary/aromatic N) is 1. The lowest BCUT2D eigenvalue weighted by Gasteiger charge is -2.22. The van der Waals surface area contributed by atoms with Crippen LogP contribution >= 0.6 is 0 Å². The number of amides is 3. The molecule has 4 N–H and O–H groups in total. The van der Waals surface area contributed by atoms with Gasteiger partial charge in [-0.05, 0) is 19.1 Å². The van der Waals surface area contributed by atoms with Crippen LogP contribution in [0.15, 0.2) is 22.8 Å². The number of nitrogens with two attached hydrogens (primary N) is 1. The van der Waals surface area contributed by atoms with E-state index in [1.807, 2.05) is 0 Å². The number of carboxylic acids is 1. The molecule has 1 aromatic heterocycles. The molecule has 0 saturated heterocycles. The van der Waals surface area contributed by atoms with Crippen molar-refractivity contribution in [1.82, 2.24) is 10.2 Å². The average Bonchev–Trinajstić information content (AvgIpc) is 2.87. The van der Waals surface area contributed by atoms with Crippen molar-refractivity contribution in [2.24, 2.45) is 5.73 Å². The Kier molecular flexibility index (Phi) is 5.57. The van der Waals surface area contributed by atoms with Gasteiger partial charge in [-0.3, -0.25) is 4.79 Å². The van der Waals surface area contributed by atoms with Gasteiger partial charge in [0, 0.05) is 6.54 Å². The van der Waals surface area contributed by atoms with Gasteiger partial charge in [-0.15, -0.1) is 0 Å². The molecule has 0 bridgehead atoms. The molecular formula is C12H17N3O5. The molecular weight excluding hydrogens is 266 g/mol. The summed E-state index contributed by atoms with van der Waals surface area (Å²) in [5.41, 5.74) is 4.94. The largest absolute Gasteiger partial charge is 0.480 e. The van der Waals surface area contributed by atoms with E-state index >= 15 is 0 Å². The normalized spacial score (nSPS) is 11.7. The fraction of sp³-hybridized carbons (Fsp3) is 0.417. The third kappa shape index (κ3) is 4.63. The summed E-state index contributed by atoms with van der Waals surface area (Å²) in [5.74, 6) is -1.54. The van der Waals surface area contributed by atoms with Gasteiger partial charge in [0.15, 0.2) is 0 Å². The lowest BCUT2D eigenvalue weighted by atomic mass is 10.2. The van der Waals surface area contributed by atoms with E-state index in [0.29, 0.717) is 12.3 Å². The Morgan fingerprint density at radius 1 is 1.50 bits per heavy atom. The second kappa shape index (κ2) is 7.17. The minimum atomic E-state index is -1.34. The van der Waals surface area contributed by atoms with Crippen LogP contribution in [0.3, 0.4) is 0 Å². The van der Waals surface area contributed by atoms with Gasteiger partial charge < -0.3 is 25.5 Å². The number of hydrogen-bond acceptors (Lipinski definition) is 4. The van der Waals surface area contributed by atoms with Crippen LogP contribution in [0.25, 0.3) is 0 Å². The molecule has 1 aromatic rings. The van der Waals surface area contributed by atoms with Gasteiger partial charge >= 0.3 is 12.0 Å². The second-order valence-electron chi connectivity index (χ2n) is 4.10. The zero-order valence-corrected chi connectivity index (χ0v) is 11.0. The second-order valence-corrected chi connectivity index (χ2v) is 4.10. The first kappa shape index (κ1) is 15.5. The average molecular weight is 283 g/mol. The van der Waals surface area contributed by atoms with E-state index in [4.69, 9.17) is 15.3 Å². The summed E-state index contributed by atoms with van der Waals surface area (Å²) in [6, 6.07) is 1.45. The molecule has 1 rings (SSSR count). The maximum Gasteiger partial charge on any atom is 0.326 e. The lowest BCUT2D eigenvalue weighted by Crippen LogP contribution is -2.49. The molecule has 0 spiro atoms. The fourth-order valence-electron chi connectivity index (χ4n) is 1.56. The predicted octanol–water partition coefficient (Wildman–Crippen LogP) is 0.140. The van der Waals surface area contributed by atoms with Crippen molar-refractivity contribution >= 4 is 17.9 Å². The van der Waals surface area contributed by atoms with E-state index in [9.17, 15) is 14.4 Å². The lowest BCUT2D eigenvalue weighted by molar-refractivity contribution is -0.140. The maximum atomic E-state index is 12.0. The highest BCUT2D eigenvalue weighted by atomic mass is 16.4. The molecule has 0 aliphatic rings. The smallest absolute Gasteiger partial charge is 0.326 e. The molecule has 3 amide bonds. The van der Waals surface area contributed by atoms with E-state index in [2.05, 4.69) is 5.32 Å². The number of urea groups is 1. The fourth-order valence-corrected chi connectivity index (χ4v) is 1.56. The van der Waals surface area contributed by atoms with Gasteiger partial charge in [0.25, 0.3) is 0 Å². The Morgan fingerprint density at radius 2 is 2.20 bits per heavy atom. The van der Waals surface area contributed by atoms with E-state index in [1.165, 1.54) is 11.2 Å². The van der Waals surface area contributed by atoms with Crippen molar-refractivity contribution < 1.29 is 23.9 Å². The number of rotatable bonds is 7. The summed E-state index contributed by atoms with van der Waals surface area (Å²) >= 11 is 0. The Balaban J connectivity index is 2.65. The van der Waals surface area contributed by atoms with E-state index in [0.717, 1.165) is 0 Å². The first-order valence-electron chi connectivity index (χ1n) is 6.03. The summed E-state index contributed by atoms with van der Waals surface area (Å²) in [5, 5.41) is 11.2. The predicted molar refractivity (Wildman–Crippen MR) is 68.6 cm³/mol. The molecule has 8 nitrogen and oxygen atoms in total. The Hall–Kier alpha value is -2.51. The van der Waals surface area contributed by atoms with Gasteiger partial charge in [0.05, 0.1) is 19.2 Å². The minimum absolute atomic E-state index is 0.207. The SMILES string of the molecule is CCN(Cc1ccco1)C(=O)N[C@@H](CC(N)=O)C(=O)O. The molecule has 1 atom stereocenters. The maximum absolute atomic E-state index is 12.0. The first-order chi connectivity index (χ1) is 9.43. The highest BCUT2D eigenvalue weighted by Crippen LogP contribution is 2.06. The zero-order chi connectivity index (χ0) is 15.1. The molecule has 0 fully saturated rings. The van der Waals surface area contributed by atoms with Crippen LogP contribution in [0.5, 0.6) is 0 Å². The number of carbonyl (C=O) groups is 3. The number of primary amides is 1. The molecule has 0 aliphatic carbocycles. The van der Waals surface area contributed by atoms with Crippen LogP contribution in [0.4, 0.5) is 4.79 Å². The third-order valence-electron chi connectivity index (χ3n) is 2.60. The van der Waals surface area contributed by atoms with Crippen LogP contribution in [-0.4, -0.2) is 40.5 Å². The van der Waals surface area contributed by atoms with Crippen molar-refractivity contribution in [3.63, 3.8) is 0 Å². The topological polar surface area (TPSA) is 126 Å². The van der Waals surface area contributed by atoms with Crippen molar-refractivity contribution in [2.45, 2.75) is 25.9 Å². The Labute approximate surface area is 115 Å². The molecule has 0 saturated carbocycles. The third-order valence-corrected chi connectivity index (χ3v) is 2.60. The molecule has 0 aliphatic heterocycles. The molecule has 0 unspecified atom stereocenters. The van der Waals surface area contributed by atoms with Crippen LogP contribution in [-0.2, 0) is 16.1 Å². The van der Waals surface area contributed by atoms with E-state index in [-0.39, 0.29) is 6.54 Å². The standard InChI is InChI=1S/C12H17N3O5/c1-2-15(7-8-4-3-5-20-8)12(19)14-9(11(17)18)6-10(13)16/h3-5,9H,2,6-7H2,1H3,(H2,13,16)(H,14,19)(H,17,18)/t9-/m0/s1. The van der Waals surface area contributed by atoms with Gasteiger partial charge in [-0.25, -0.2) is 9.59 Å². The number of aliphatic carboxylic acids is 1. The molecule has 0 aromatic carbocycles. The molecule has 110 valence electrons. The van der Waals surface area contributed by atoms with Crippen LogP contribution < -0.4 is 11.1 Å². The number of furan rings is 1. The number of carbonyl (C=O) groups excluding carboxylic acids is 2. The zero-order valence-electron chi connectivity index (χ0n) is 11.0. The van der Waals surface area contributed by atoms with Gasteiger partial charge in [-0.2, -0.15) is 0 Å². The summed E-state index contributed by atoms with van der Waals surface area (Å²) in [4.78, 5) is 35.0. The number of carboxylic acid groups (broad SMARTS) is 1. The van der Waals surface area contributed by atoms with Gasteiger partial charge in [-0.1, -0.05) is 0 Å². The van der Waals surface area contributed by atoms with Crippen molar-refractivity contribution in [3.05, 3.63) is 24.2 Å². The molecule has 1 heterocycles. The van der Waals surface area contributed by atoms with Crippen molar-refractivity contribution in [2.75, 3.05) is 6.54 Å². The quantitative estimate of drug-likeness (QED) is 0.656. The molecule has 8 heteroatoms. The number of nitrogens with one attached hydrogen (secondary N) is 1. The summed E-state index contributed by atoms with van der Waals surface area (Å²) in [7, 11) is 0. The summed E-state index contributed by atoms with van der Waals surface area (Å²) in [6.45, 7) is 2.31. The first-order valence-corrected chi connectivity index (χ1v) is 6.03. The van der Waals surface area contributed by atoms with Gasteiger partial charge in [0.1, 0.15) is 11.8 Å². The summed E-state index contributed by atoms with van der Waals surface area (Å²) < 4.78 is 5.12. The van der Waals surface area contributed by atoms with Crippen molar-refractivity contribution in [3.8, 4) is 0 Å². The van der Waals surface area contributed by atoms with Gasteiger partial charge in [0.2, 0.25) is 5.91 Å². The monoisotopic (exact) mass is 283 g/mol. The van der Waals surface area contributed by atoms with Crippen LogP contribution in [0, 0.1) is 0 Å². The molecule has 20 heavy (non-hydrogen) atoms. The van der Waals surface area contributed by atoms with E-state index < -0.39 is 30.4 Å². The minimum Gasteiger partial charge on any atom is -0.480 e. The highest BCUT2D eigenvalue weighted by Gasteiger charge is 2.24. The Morgan fingerprint density at radius 3 is 2.65 bits per heavy atom. The summed E-state index contributed by atoms with van der Waals surface area (Å²) in [6.07, 6.45) is 1.02. The molecule has 0 radical (unpaired) electrons. The van der Waals surface area contributed by atoms with E-state index in [1.54, 1.807) is 19.1 Å². The highest BCUT2D eigenvalue weighted by molar-refractivity contribution is 5.87. The van der Waals surface area contributed by atoms with Crippen LogP contribution in [0.2, 0.25) is 0 Å².